The van der Waals surface area contributed by atoms with Crippen LogP contribution in [0.1, 0.15) is 30.1 Å². The van der Waals surface area contributed by atoms with E-state index in [2.05, 4.69) is 29.1 Å². The predicted molar refractivity (Wildman–Crippen MR) is 96.7 cm³/mol. The summed E-state index contributed by atoms with van der Waals surface area (Å²) in [6.45, 7) is 3.33. The number of hydrogen-bond acceptors (Lipinski definition) is 4. The molecule has 1 aromatic heterocycles. The topological polar surface area (TPSA) is 60.5 Å². The number of ether oxygens (including phenoxy) is 2. The minimum atomic E-state index is -0.164. The Bertz CT molecular complexity index is 703. The molecule has 0 saturated heterocycles. The van der Waals surface area contributed by atoms with Crippen molar-refractivity contribution in [2.75, 3.05) is 19.8 Å². The highest BCUT2D eigenvalue weighted by Gasteiger charge is 2.04. The van der Waals surface area contributed by atoms with Gasteiger partial charge in [-0.15, -0.1) is 0 Å². The summed E-state index contributed by atoms with van der Waals surface area (Å²) in [7, 11) is 0. The average Bonchev–Trinajstić information content (AvgIpc) is 2.66. The van der Waals surface area contributed by atoms with Crippen molar-refractivity contribution in [3.05, 3.63) is 54.4 Å². The maximum Gasteiger partial charge on any atom is 0.252 e. The molecule has 1 aromatic carbocycles. The van der Waals surface area contributed by atoms with Gasteiger partial charge in [0, 0.05) is 11.8 Å². The van der Waals surface area contributed by atoms with Crippen LogP contribution in [0.25, 0.3) is 0 Å². The Hall–Kier alpha value is -3.00. The molecule has 0 unspecified atom stereocenters. The van der Waals surface area contributed by atoms with Crippen LogP contribution in [0.3, 0.4) is 0 Å². The van der Waals surface area contributed by atoms with Crippen LogP contribution in [0.4, 0.5) is 0 Å². The van der Waals surface area contributed by atoms with Crippen LogP contribution in [0.2, 0.25) is 0 Å². The molecule has 0 aliphatic heterocycles. The second-order valence-electron chi connectivity index (χ2n) is 5.24. The lowest BCUT2D eigenvalue weighted by molar-refractivity contribution is 0.0958. The second-order valence-corrected chi connectivity index (χ2v) is 5.24. The minimum Gasteiger partial charge on any atom is -0.494 e. The van der Waals surface area contributed by atoms with Crippen LogP contribution in [0.5, 0.6) is 11.5 Å². The van der Waals surface area contributed by atoms with Gasteiger partial charge < -0.3 is 14.8 Å². The highest BCUT2D eigenvalue weighted by Crippen LogP contribution is 2.12. The van der Waals surface area contributed by atoms with Gasteiger partial charge >= 0.3 is 0 Å². The van der Waals surface area contributed by atoms with Gasteiger partial charge in [-0.05, 0) is 42.8 Å². The first-order chi connectivity index (χ1) is 12.3. The third-order valence-electron chi connectivity index (χ3n) is 3.29. The Morgan fingerprint density at radius 3 is 2.68 bits per heavy atom. The molecule has 0 aliphatic carbocycles. The first-order valence-corrected chi connectivity index (χ1v) is 8.29. The van der Waals surface area contributed by atoms with E-state index in [4.69, 9.17) is 9.47 Å². The summed E-state index contributed by atoms with van der Waals surface area (Å²) >= 11 is 0. The Labute approximate surface area is 148 Å². The van der Waals surface area contributed by atoms with Crippen LogP contribution in [0, 0.1) is 11.8 Å². The second kappa shape index (κ2) is 10.7. The number of rotatable bonds is 8. The molecule has 1 N–H and O–H groups in total. The Balaban J connectivity index is 1.69. The number of benzene rings is 1. The Morgan fingerprint density at radius 1 is 1.12 bits per heavy atom. The summed E-state index contributed by atoms with van der Waals surface area (Å²) in [6.07, 6.45) is 5.41. The molecule has 0 spiro atoms. The molecular formula is C20H22N2O3. The average molecular weight is 338 g/mol. The smallest absolute Gasteiger partial charge is 0.252 e. The van der Waals surface area contributed by atoms with E-state index in [1.54, 1.807) is 42.7 Å². The zero-order valence-corrected chi connectivity index (χ0v) is 14.3. The highest BCUT2D eigenvalue weighted by molar-refractivity contribution is 5.94. The van der Waals surface area contributed by atoms with Gasteiger partial charge in [-0.25, -0.2) is 0 Å². The molecule has 25 heavy (non-hydrogen) atoms. The van der Waals surface area contributed by atoms with Crippen LogP contribution >= 0.6 is 0 Å². The predicted octanol–water partition coefficient (Wildman–Crippen LogP) is 3.07. The highest BCUT2D eigenvalue weighted by atomic mass is 16.5. The molecule has 0 bridgehead atoms. The summed E-state index contributed by atoms with van der Waals surface area (Å²) in [4.78, 5) is 16.0. The summed E-state index contributed by atoms with van der Waals surface area (Å²) in [6, 6.07) is 10.7. The van der Waals surface area contributed by atoms with E-state index in [1.165, 1.54) is 0 Å². The van der Waals surface area contributed by atoms with Crippen LogP contribution in [-0.4, -0.2) is 30.6 Å². The van der Waals surface area contributed by atoms with E-state index in [1.807, 2.05) is 6.07 Å². The zero-order valence-electron chi connectivity index (χ0n) is 14.3. The molecule has 2 aromatic rings. The summed E-state index contributed by atoms with van der Waals surface area (Å²) in [5.74, 6) is 6.97. The fourth-order valence-electron chi connectivity index (χ4n) is 1.93. The van der Waals surface area contributed by atoms with Crippen molar-refractivity contribution in [2.45, 2.75) is 19.8 Å². The molecule has 5 nitrogen and oxygen atoms in total. The number of carbonyl (C=O) groups excluding carboxylic acids is 1. The third-order valence-corrected chi connectivity index (χ3v) is 3.29. The van der Waals surface area contributed by atoms with Crippen LogP contribution in [-0.2, 0) is 0 Å². The van der Waals surface area contributed by atoms with Gasteiger partial charge in [0.1, 0.15) is 18.1 Å². The Kier molecular flexibility index (Phi) is 7.86. The number of pyridine rings is 1. The summed E-state index contributed by atoms with van der Waals surface area (Å²) < 4.78 is 11.0. The molecule has 2 rings (SSSR count). The third kappa shape index (κ3) is 6.96. The molecule has 0 atom stereocenters. The number of nitrogens with one attached hydrogen (secondary N) is 1. The van der Waals surface area contributed by atoms with E-state index in [9.17, 15) is 4.79 Å². The monoisotopic (exact) mass is 338 g/mol. The van der Waals surface area contributed by atoms with Crippen molar-refractivity contribution in [1.82, 2.24) is 10.3 Å². The molecule has 0 aliphatic rings. The van der Waals surface area contributed by atoms with Crippen LogP contribution < -0.4 is 14.8 Å². The molecule has 0 saturated carbocycles. The van der Waals surface area contributed by atoms with E-state index in [0.29, 0.717) is 17.9 Å². The number of unbranched alkanes of at least 4 members (excludes halogenated alkanes) is 1. The van der Waals surface area contributed by atoms with Crippen molar-refractivity contribution in [2.24, 2.45) is 0 Å². The number of hydrogen-bond donors (Lipinski definition) is 1. The number of aromatic nitrogens is 1. The standard InChI is InChI=1S/C20H22N2O3/c1-2-3-14-24-18-10-8-17(9-11-18)20(23)22-13-4-5-15-25-19-7-6-12-21-16-19/h6-12,16H,2-3,13-15H2,1H3,(H,22,23). The first-order valence-electron chi connectivity index (χ1n) is 8.29. The van der Waals surface area contributed by atoms with E-state index in [-0.39, 0.29) is 19.1 Å². The molecular weight excluding hydrogens is 316 g/mol. The molecule has 5 heteroatoms. The van der Waals surface area contributed by atoms with Crippen LogP contribution in [0.15, 0.2) is 48.8 Å². The first kappa shape index (κ1) is 18.3. The van der Waals surface area contributed by atoms with E-state index in [0.717, 1.165) is 18.6 Å². The van der Waals surface area contributed by atoms with Crippen molar-refractivity contribution < 1.29 is 14.3 Å². The lowest BCUT2D eigenvalue weighted by atomic mass is 10.2. The summed E-state index contributed by atoms with van der Waals surface area (Å²) in [5, 5.41) is 2.75. The van der Waals surface area contributed by atoms with Gasteiger partial charge in [0.15, 0.2) is 0 Å². The van der Waals surface area contributed by atoms with Crippen molar-refractivity contribution in [3.8, 4) is 23.3 Å². The number of nitrogens with zero attached hydrogens (tertiary/aromatic N) is 1. The van der Waals surface area contributed by atoms with Gasteiger partial charge in [-0.1, -0.05) is 25.2 Å². The maximum absolute atomic E-state index is 12.0. The zero-order chi connectivity index (χ0) is 17.7. The van der Waals surface area contributed by atoms with E-state index < -0.39 is 0 Å². The lowest BCUT2D eigenvalue weighted by Crippen LogP contribution is -2.23. The van der Waals surface area contributed by atoms with Gasteiger partial charge in [-0.3, -0.25) is 9.78 Å². The quantitative estimate of drug-likeness (QED) is 0.593. The van der Waals surface area contributed by atoms with Crippen molar-refractivity contribution in [3.63, 3.8) is 0 Å². The van der Waals surface area contributed by atoms with Gasteiger partial charge in [0.2, 0.25) is 0 Å². The number of amides is 1. The summed E-state index contributed by atoms with van der Waals surface area (Å²) in [5.41, 5.74) is 0.580. The fourth-order valence-corrected chi connectivity index (χ4v) is 1.93. The largest absolute Gasteiger partial charge is 0.494 e. The van der Waals surface area contributed by atoms with Gasteiger partial charge in [0.25, 0.3) is 5.91 Å². The van der Waals surface area contributed by atoms with E-state index >= 15 is 0 Å². The SMILES string of the molecule is CCCCOc1ccc(C(=O)NCC#CCOc2cccnc2)cc1. The van der Waals surface area contributed by atoms with Crippen molar-refractivity contribution >= 4 is 5.91 Å². The minimum absolute atomic E-state index is 0.164. The van der Waals surface area contributed by atoms with Crippen molar-refractivity contribution in [1.29, 1.82) is 0 Å². The number of carbonyl (C=O) groups is 1. The molecule has 1 amide bonds. The molecule has 1 heterocycles. The maximum atomic E-state index is 12.0. The Morgan fingerprint density at radius 2 is 1.96 bits per heavy atom. The van der Waals surface area contributed by atoms with Gasteiger partial charge in [0.05, 0.1) is 19.3 Å². The molecule has 0 fully saturated rings. The van der Waals surface area contributed by atoms with Gasteiger partial charge in [-0.2, -0.15) is 0 Å². The normalized spacial score (nSPS) is 9.64. The molecule has 130 valence electrons. The fraction of sp³-hybridized carbons (Fsp3) is 0.300. The molecule has 0 radical (unpaired) electrons. The lowest BCUT2D eigenvalue weighted by Gasteiger charge is -2.06.